The maximum absolute atomic E-state index is 12.8. The van der Waals surface area contributed by atoms with Gasteiger partial charge in [0.25, 0.3) is 5.91 Å². The maximum Gasteiger partial charge on any atom is 0.315 e. The minimum absolute atomic E-state index is 0. The van der Waals surface area contributed by atoms with Gasteiger partial charge in [0.1, 0.15) is 12.7 Å². The van der Waals surface area contributed by atoms with Crippen molar-refractivity contribution in [2.45, 2.75) is 31.3 Å². The van der Waals surface area contributed by atoms with Crippen LogP contribution in [0.15, 0.2) is 42.7 Å². The van der Waals surface area contributed by atoms with E-state index in [1.54, 1.807) is 12.4 Å². The molecule has 2 fully saturated rings. The van der Waals surface area contributed by atoms with E-state index in [9.17, 15) is 13.6 Å². The summed E-state index contributed by atoms with van der Waals surface area (Å²) >= 11 is 0. The van der Waals surface area contributed by atoms with Gasteiger partial charge in [0.15, 0.2) is 5.52 Å². The van der Waals surface area contributed by atoms with Gasteiger partial charge in [-0.1, -0.05) is 24.3 Å². The molecule has 192 valence electrons. The zero-order valence-corrected chi connectivity index (χ0v) is 20.6. The normalized spacial score (nSPS) is 18.8. The van der Waals surface area contributed by atoms with Crippen LogP contribution in [-0.2, 0) is 14.3 Å². The molecule has 0 saturated carbocycles. The molecule has 1 atom stereocenters. The van der Waals surface area contributed by atoms with Gasteiger partial charge in [0.2, 0.25) is 5.88 Å². The SMILES string of the molecule is O=C(C(F)F)N1CCO[C@H](COc2nc(-c3ccc(C4CCOCC4)cc3)cc3nccnc23)C1.S. The fourth-order valence-electron chi connectivity index (χ4n) is 4.48. The number of carbonyl (C=O) groups excluding carboxylic acids is 1. The van der Waals surface area contributed by atoms with E-state index < -0.39 is 18.4 Å². The number of ether oxygens (including phenoxy) is 3. The Bertz CT molecular complexity index is 1180. The summed E-state index contributed by atoms with van der Waals surface area (Å²) in [6.45, 7) is 1.94. The summed E-state index contributed by atoms with van der Waals surface area (Å²) in [4.78, 5) is 26.2. The van der Waals surface area contributed by atoms with Crippen LogP contribution in [-0.4, -0.2) is 77.8 Å². The summed E-state index contributed by atoms with van der Waals surface area (Å²) < 4.78 is 42.7. The Morgan fingerprint density at radius 1 is 1.11 bits per heavy atom. The molecule has 8 nitrogen and oxygen atoms in total. The lowest BCUT2D eigenvalue weighted by molar-refractivity contribution is -0.151. The van der Waals surface area contributed by atoms with Gasteiger partial charge in [-0.15, -0.1) is 0 Å². The van der Waals surface area contributed by atoms with E-state index in [1.807, 2.05) is 18.2 Å². The monoisotopic (exact) mass is 518 g/mol. The second-order valence-electron chi connectivity index (χ2n) is 8.63. The number of nitrogens with zero attached hydrogens (tertiary/aromatic N) is 4. The number of morpholine rings is 1. The minimum atomic E-state index is -3.04. The number of aromatic nitrogens is 3. The Kier molecular flexibility index (Phi) is 8.65. The summed E-state index contributed by atoms with van der Waals surface area (Å²) in [6.07, 6.45) is 1.60. The number of hydrogen-bond acceptors (Lipinski definition) is 7. The lowest BCUT2D eigenvalue weighted by atomic mass is 9.91. The third-order valence-electron chi connectivity index (χ3n) is 6.37. The van der Waals surface area contributed by atoms with Gasteiger partial charge < -0.3 is 19.1 Å². The smallest absolute Gasteiger partial charge is 0.315 e. The van der Waals surface area contributed by atoms with Crippen molar-refractivity contribution >= 4 is 30.4 Å². The van der Waals surface area contributed by atoms with Crippen LogP contribution < -0.4 is 4.74 Å². The Hall–Kier alpha value is -2.89. The van der Waals surface area contributed by atoms with Gasteiger partial charge in [0, 0.05) is 37.7 Å². The number of carbonyl (C=O) groups is 1. The van der Waals surface area contributed by atoms with Gasteiger partial charge in [-0.3, -0.25) is 9.78 Å². The fraction of sp³-hybridized carbons (Fsp3) is 0.440. The van der Waals surface area contributed by atoms with E-state index in [0.29, 0.717) is 22.6 Å². The summed E-state index contributed by atoms with van der Waals surface area (Å²) in [7, 11) is 0. The summed E-state index contributed by atoms with van der Waals surface area (Å²) in [5, 5.41) is 0. The molecule has 2 aliphatic rings. The molecule has 0 N–H and O–H groups in total. The first-order valence-electron chi connectivity index (χ1n) is 11.7. The van der Waals surface area contributed by atoms with Crippen molar-refractivity contribution in [3.8, 4) is 17.1 Å². The first kappa shape index (κ1) is 26.2. The van der Waals surface area contributed by atoms with Crippen molar-refractivity contribution in [2.24, 2.45) is 0 Å². The quantitative estimate of drug-likeness (QED) is 0.493. The van der Waals surface area contributed by atoms with Crippen LogP contribution in [0.25, 0.3) is 22.3 Å². The molecule has 0 radical (unpaired) electrons. The van der Waals surface area contributed by atoms with E-state index in [4.69, 9.17) is 14.2 Å². The summed E-state index contributed by atoms with van der Waals surface area (Å²) in [6, 6.07) is 10.2. The zero-order valence-electron chi connectivity index (χ0n) is 19.6. The van der Waals surface area contributed by atoms with Crippen molar-refractivity contribution in [3.63, 3.8) is 0 Å². The molecule has 36 heavy (non-hydrogen) atoms. The van der Waals surface area contributed by atoms with Crippen molar-refractivity contribution in [1.29, 1.82) is 0 Å². The van der Waals surface area contributed by atoms with Crippen molar-refractivity contribution < 1.29 is 27.8 Å². The molecule has 5 rings (SSSR count). The molecule has 0 aliphatic carbocycles. The van der Waals surface area contributed by atoms with Crippen LogP contribution in [0.4, 0.5) is 8.78 Å². The highest BCUT2D eigenvalue weighted by atomic mass is 32.1. The molecule has 11 heteroatoms. The third-order valence-corrected chi connectivity index (χ3v) is 6.37. The molecule has 0 spiro atoms. The minimum Gasteiger partial charge on any atom is -0.473 e. The molecule has 3 aromatic rings. The predicted octanol–water partition coefficient (Wildman–Crippen LogP) is 3.57. The second kappa shape index (κ2) is 11.9. The molecule has 1 aromatic carbocycles. The number of pyridine rings is 1. The van der Waals surface area contributed by atoms with Crippen LogP contribution >= 0.6 is 13.5 Å². The molecule has 0 unspecified atom stereocenters. The van der Waals surface area contributed by atoms with E-state index in [2.05, 4.69) is 27.1 Å². The molecule has 2 aromatic heterocycles. The Morgan fingerprint density at radius 2 is 1.86 bits per heavy atom. The maximum atomic E-state index is 12.8. The average molecular weight is 519 g/mol. The van der Waals surface area contributed by atoms with E-state index in [1.165, 1.54) is 5.56 Å². The standard InChI is InChI=1S/C25H26F2N4O4.H2S/c26-23(27)25(32)31-9-12-34-19(14-31)15-35-24-22-21(28-7-8-29-22)13-20(30-24)18-3-1-16(2-4-18)17-5-10-33-11-6-17;/h1-4,7-8,13,17,19,23H,5-6,9-12,14-15H2;1H2/t19-;/m0./s1. The average Bonchev–Trinajstić information content (AvgIpc) is 2.92. The third kappa shape index (κ3) is 5.91. The largest absolute Gasteiger partial charge is 0.473 e. The molecule has 0 bridgehead atoms. The number of benzene rings is 1. The van der Waals surface area contributed by atoms with Crippen LogP contribution in [0.3, 0.4) is 0 Å². The molecule has 2 saturated heterocycles. The van der Waals surface area contributed by atoms with Crippen molar-refractivity contribution in [3.05, 3.63) is 48.3 Å². The van der Waals surface area contributed by atoms with Crippen LogP contribution in [0.5, 0.6) is 5.88 Å². The van der Waals surface area contributed by atoms with E-state index in [0.717, 1.165) is 36.5 Å². The van der Waals surface area contributed by atoms with E-state index >= 15 is 0 Å². The van der Waals surface area contributed by atoms with Gasteiger partial charge >= 0.3 is 6.43 Å². The number of amides is 1. The number of halogens is 2. The molecular formula is C25H28F2N4O4S. The van der Waals surface area contributed by atoms with E-state index in [-0.39, 0.29) is 45.7 Å². The highest BCUT2D eigenvalue weighted by molar-refractivity contribution is 7.59. The molecule has 1 amide bonds. The van der Waals surface area contributed by atoms with Crippen molar-refractivity contribution in [2.75, 3.05) is 39.5 Å². The topological polar surface area (TPSA) is 86.7 Å². The Morgan fingerprint density at radius 3 is 2.61 bits per heavy atom. The zero-order chi connectivity index (χ0) is 24.2. The lowest BCUT2D eigenvalue weighted by Gasteiger charge is -2.32. The van der Waals surface area contributed by atoms with Crippen LogP contribution in [0.1, 0.15) is 24.3 Å². The Labute approximate surface area is 214 Å². The van der Waals surface area contributed by atoms with Crippen LogP contribution in [0.2, 0.25) is 0 Å². The van der Waals surface area contributed by atoms with Gasteiger partial charge in [-0.2, -0.15) is 22.3 Å². The number of alkyl halides is 2. The molecule has 4 heterocycles. The second-order valence-corrected chi connectivity index (χ2v) is 8.63. The van der Waals surface area contributed by atoms with Gasteiger partial charge in [-0.05, 0) is 30.4 Å². The van der Waals surface area contributed by atoms with Gasteiger partial charge in [-0.25, -0.2) is 9.97 Å². The number of rotatable bonds is 6. The number of fused-ring (bicyclic) bond motifs is 1. The molecular weight excluding hydrogens is 490 g/mol. The molecule has 2 aliphatic heterocycles. The summed E-state index contributed by atoms with van der Waals surface area (Å²) in [5.41, 5.74) is 4.00. The highest BCUT2D eigenvalue weighted by Gasteiger charge is 2.30. The number of hydrogen-bond donors (Lipinski definition) is 0. The first-order chi connectivity index (χ1) is 17.1. The fourth-order valence-corrected chi connectivity index (χ4v) is 4.48. The highest BCUT2D eigenvalue weighted by Crippen LogP contribution is 2.31. The van der Waals surface area contributed by atoms with Gasteiger partial charge in [0.05, 0.1) is 24.4 Å². The van der Waals surface area contributed by atoms with Crippen LogP contribution in [0, 0.1) is 0 Å². The van der Waals surface area contributed by atoms with Crippen molar-refractivity contribution in [1.82, 2.24) is 19.9 Å². The summed E-state index contributed by atoms with van der Waals surface area (Å²) in [5.74, 6) is -0.418. The Balaban J connectivity index is 0.00000304. The first-order valence-corrected chi connectivity index (χ1v) is 11.7. The predicted molar refractivity (Wildman–Crippen MR) is 134 cm³/mol. The lowest BCUT2D eigenvalue weighted by Crippen LogP contribution is -2.49.